The van der Waals surface area contributed by atoms with Gasteiger partial charge in [0.15, 0.2) is 0 Å². The molecule has 0 heterocycles. The van der Waals surface area contributed by atoms with Gasteiger partial charge in [-0.05, 0) is 51.4 Å². The largest absolute Gasteiger partial charge is 0.321 e. The van der Waals surface area contributed by atoms with Crippen molar-refractivity contribution in [1.82, 2.24) is 0 Å². The van der Waals surface area contributed by atoms with Gasteiger partial charge >= 0.3 is 0 Å². The monoisotopic (exact) mass is 380 g/mol. The first-order valence-electron chi connectivity index (χ1n) is 13.1. The highest BCUT2D eigenvalue weighted by atomic mass is 15.4. The van der Waals surface area contributed by atoms with Crippen LogP contribution in [0.25, 0.3) is 0 Å². The Kier molecular flexibility index (Phi) is 15.6. The van der Waals surface area contributed by atoms with Crippen molar-refractivity contribution in [2.24, 2.45) is 0 Å². The SMILES string of the molecule is CCCCCCCCCCCCCC[N+](CCC)(CCC)C1CCCCC1. The van der Waals surface area contributed by atoms with Crippen LogP contribution in [-0.4, -0.2) is 30.2 Å². The molecule has 0 spiro atoms. The van der Waals surface area contributed by atoms with E-state index in [1.807, 2.05) is 0 Å². The van der Waals surface area contributed by atoms with Gasteiger partial charge in [0, 0.05) is 0 Å². The molecule has 162 valence electrons. The minimum Gasteiger partial charge on any atom is -0.321 e. The Morgan fingerprint density at radius 1 is 0.481 bits per heavy atom. The van der Waals surface area contributed by atoms with Crippen molar-refractivity contribution in [3.05, 3.63) is 0 Å². The molecule has 1 heteroatoms. The number of hydrogen-bond acceptors (Lipinski definition) is 0. The van der Waals surface area contributed by atoms with Crippen LogP contribution in [0.1, 0.15) is 143 Å². The lowest BCUT2D eigenvalue weighted by atomic mass is 9.91. The highest BCUT2D eigenvalue weighted by molar-refractivity contribution is 4.68. The van der Waals surface area contributed by atoms with Gasteiger partial charge in [-0.15, -0.1) is 0 Å². The predicted octanol–water partition coefficient (Wildman–Crippen LogP) is 8.66. The summed E-state index contributed by atoms with van der Waals surface area (Å²) in [6.07, 6.45) is 27.9. The van der Waals surface area contributed by atoms with E-state index in [1.54, 1.807) is 0 Å². The molecule has 0 aliphatic heterocycles. The standard InChI is InChI=1S/C26H54N/c1-4-7-8-9-10-11-12-13-14-15-16-20-25-27(23-5-2,24-6-3)26-21-18-17-19-22-26/h26H,4-25H2,1-3H3/q+1. The van der Waals surface area contributed by atoms with Crippen molar-refractivity contribution in [2.45, 2.75) is 149 Å². The number of rotatable bonds is 18. The lowest BCUT2D eigenvalue weighted by Crippen LogP contribution is -2.57. The third kappa shape index (κ3) is 10.9. The first-order valence-corrected chi connectivity index (χ1v) is 13.1. The second-order valence-electron chi connectivity index (χ2n) is 9.57. The van der Waals surface area contributed by atoms with Crippen molar-refractivity contribution in [1.29, 1.82) is 0 Å². The summed E-state index contributed by atoms with van der Waals surface area (Å²) in [6, 6.07) is 0.992. The van der Waals surface area contributed by atoms with Gasteiger partial charge in [0.1, 0.15) is 0 Å². The molecule has 1 aliphatic carbocycles. The van der Waals surface area contributed by atoms with Crippen LogP contribution in [0.3, 0.4) is 0 Å². The van der Waals surface area contributed by atoms with E-state index in [2.05, 4.69) is 20.8 Å². The molecule has 1 fully saturated rings. The molecule has 0 radical (unpaired) electrons. The molecule has 0 saturated heterocycles. The molecule has 27 heavy (non-hydrogen) atoms. The van der Waals surface area contributed by atoms with E-state index in [9.17, 15) is 0 Å². The van der Waals surface area contributed by atoms with Gasteiger partial charge in [-0.3, -0.25) is 0 Å². The third-order valence-corrected chi connectivity index (χ3v) is 7.14. The second-order valence-corrected chi connectivity index (χ2v) is 9.57. The second kappa shape index (κ2) is 16.9. The Morgan fingerprint density at radius 3 is 1.37 bits per heavy atom. The molecule has 0 unspecified atom stereocenters. The minimum absolute atomic E-state index is 0.992. The van der Waals surface area contributed by atoms with E-state index in [0.717, 1.165) is 6.04 Å². The Labute approximate surface area is 173 Å². The van der Waals surface area contributed by atoms with Crippen LogP contribution >= 0.6 is 0 Å². The molecule has 0 aromatic heterocycles. The van der Waals surface area contributed by atoms with Crippen LogP contribution in [-0.2, 0) is 0 Å². The zero-order chi connectivity index (χ0) is 19.6. The maximum Gasteiger partial charge on any atom is 0.0890 e. The fraction of sp³-hybridized carbons (Fsp3) is 1.00. The summed E-state index contributed by atoms with van der Waals surface area (Å²) >= 11 is 0. The normalized spacial score (nSPS) is 16.1. The average Bonchev–Trinajstić information content (AvgIpc) is 2.69. The van der Waals surface area contributed by atoms with Crippen LogP contribution in [0, 0.1) is 0 Å². The van der Waals surface area contributed by atoms with Crippen molar-refractivity contribution in [3.63, 3.8) is 0 Å². The maximum absolute atomic E-state index is 2.41. The Morgan fingerprint density at radius 2 is 0.926 bits per heavy atom. The number of nitrogens with zero attached hydrogens (tertiary/aromatic N) is 1. The van der Waals surface area contributed by atoms with E-state index < -0.39 is 0 Å². The number of hydrogen-bond donors (Lipinski definition) is 0. The Bertz CT molecular complexity index is 299. The lowest BCUT2D eigenvalue weighted by Gasteiger charge is -2.47. The molecule has 0 atom stereocenters. The highest BCUT2D eigenvalue weighted by Gasteiger charge is 2.35. The topological polar surface area (TPSA) is 0 Å². The summed E-state index contributed by atoms with van der Waals surface area (Å²) in [5.74, 6) is 0. The molecule has 0 N–H and O–H groups in total. The van der Waals surface area contributed by atoms with Gasteiger partial charge in [-0.2, -0.15) is 0 Å². The Balaban J connectivity index is 2.16. The third-order valence-electron chi connectivity index (χ3n) is 7.14. The van der Waals surface area contributed by atoms with Crippen LogP contribution < -0.4 is 0 Å². The van der Waals surface area contributed by atoms with Crippen LogP contribution in [0.2, 0.25) is 0 Å². The van der Waals surface area contributed by atoms with Gasteiger partial charge < -0.3 is 4.48 Å². The summed E-state index contributed by atoms with van der Waals surface area (Å²) in [5, 5.41) is 0. The van der Waals surface area contributed by atoms with E-state index in [1.165, 1.54) is 146 Å². The van der Waals surface area contributed by atoms with Gasteiger partial charge in [0.2, 0.25) is 0 Å². The zero-order valence-corrected chi connectivity index (χ0v) is 19.6. The lowest BCUT2D eigenvalue weighted by molar-refractivity contribution is -0.952. The summed E-state index contributed by atoms with van der Waals surface area (Å²) in [7, 11) is 0. The molecule has 1 rings (SSSR count). The van der Waals surface area contributed by atoms with Crippen molar-refractivity contribution >= 4 is 0 Å². The minimum atomic E-state index is 0.992. The van der Waals surface area contributed by atoms with Gasteiger partial charge in [-0.25, -0.2) is 0 Å². The Hall–Kier alpha value is -0.0400. The summed E-state index contributed by atoms with van der Waals surface area (Å²) < 4.78 is 1.48. The molecule has 1 saturated carbocycles. The smallest absolute Gasteiger partial charge is 0.0890 e. The van der Waals surface area contributed by atoms with E-state index in [-0.39, 0.29) is 0 Å². The molecular formula is C26H54N+. The van der Waals surface area contributed by atoms with Gasteiger partial charge in [-0.1, -0.05) is 91.4 Å². The van der Waals surface area contributed by atoms with Gasteiger partial charge in [0.25, 0.3) is 0 Å². The zero-order valence-electron chi connectivity index (χ0n) is 19.6. The number of quaternary nitrogens is 1. The molecule has 1 aliphatic rings. The molecule has 0 bridgehead atoms. The van der Waals surface area contributed by atoms with Gasteiger partial charge in [0.05, 0.1) is 25.7 Å². The average molecular weight is 381 g/mol. The quantitative estimate of drug-likeness (QED) is 0.165. The van der Waals surface area contributed by atoms with E-state index in [4.69, 9.17) is 0 Å². The summed E-state index contributed by atoms with van der Waals surface area (Å²) in [6.45, 7) is 11.5. The molecule has 1 nitrogen and oxygen atoms in total. The fourth-order valence-corrected chi connectivity index (χ4v) is 5.67. The van der Waals surface area contributed by atoms with E-state index >= 15 is 0 Å². The van der Waals surface area contributed by atoms with Crippen molar-refractivity contribution < 1.29 is 4.48 Å². The van der Waals surface area contributed by atoms with Crippen LogP contribution in [0.4, 0.5) is 0 Å². The van der Waals surface area contributed by atoms with Crippen molar-refractivity contribution in [3.8, 4) is 0 Å². The molecule has 0 aromatic rings. The highest BCUT2D eigenvalue weighted by Crippen LogP contribution is 2.30. The number of unbranched alkanes of at least 4 members (excludes halogenated alkanes) is 11. The summed E-state index contributed by atoms with van der Waals surface area (Å²) in [5.41, 5.74) is 0. The van der Waals surface area contributed by atoms with E-state index in [0.29, 0.717) is 0 Å². The first kappa shape index (κ1) is 25.0. The molecule has 0 amide bonds. The van der Waals surface area contributed by atoms with Crippen molar-refractivity contribution in [2.75, 3.05) is 19.6 Å². The predicted molar refractivity (Wildman–Crippen MR) is 123 cm³/mol. The first-order chi connectivity index (χ1) is 13.3. The van der Waals surface area contributed by atoms with Crippen LogP contribution in [0.5, 0.6) is 0 Å². The fourth-order valence-electron chi connectivity index (χ4n) is 5.67. The summed E-state index contributed by atoms with van der Waals surface area (Å²) in [4.78, 5) is 0. The molecular weight excluding hydrogens is 326 g/mol. The van der Waals surface area contributed by atoms with Crippen LogP contribution in [0.15, 0.2) is 0 Å². The maximum atomic E-state index is 2.41. The molecule has 0 aromatic carbocycles.